The van der Waals surface area contributed by atoms with Gasteiger partial charge in [-0.25, -0.2) is 0 Å². The van der Waals surface area contributed by atoms with Crippen molar-refractivity contribution in [2.75, 3.05) is 0 Å². The predicted molar refractivity (Wildman–Crippen MR) is 69.7 cm³/mol. The molecule has 2 aromatic rings. The molecule has 0 fully saturated rings. The smallest absolute Gasteiger partial charge is 0.311 e. The van der Waals surface area contributed by atoms with E-state index < -0.39 is 0 Å². The van der Waals surface area contributed by atoms with E-state index in [4.69, 9.17) is 16.3 Å². The molecule has 0 N–H and O–H groups in total. The van der Waals surface area contributed by atoms with Crippen LogP contribution in [0.4, 0.5) is 0 Å². The summed E-state index contributed by atoms with van der Waals surface area (Å²) in [5, 5.41) is 4.66. The highest BCUT2D eigenvalue weighted by Crippen LogP contribution is 2.16. The van der Waals surface area contributed by atoms with Crippen LogP contribution in [-0.4, -0.2) is 5.97 Å². The fraction of sp³-hybridized carbons (Fsp3) is 0.154. The molecule has 17 heavy (non-hydrogen) atoms. The van der Waals surface area contributed by atoms with E-state index >= 15 is 0 Å². The van der Waals surface area contributed by atoms with E-state index in [-0.39, 0.29) is 5.97 Å². The van der Waals surface area contributed by atoms with Gasteiger partial charge in [0.1, 0.15) is 5.75 Å². The Morgan fingerprint density at radius 3 is 2.65 bits per heavy atom. The van der Waals surface area contributed by atoms with Crippen LogP contribution in [0.3, 0.4) is 0 Å². The van der Waals surface area contributed by atoms with Crippen molar-refractivity contribution in [3.8, 4) is 5.75 Å². The van der Waals surface area contributed by atoms with Gasteiger partial charge in [-0.15, -0.1) is 0 Å². The van der Waals surface area contributed by atoms with Gasteiger partial charge in [-0.1, -0.05) is 11.6 Å². The summed E-state index contributed by atoms with van der Waals surface area (Å²) in [7, 11) is 0. The van der Waals surface area contributed by atoms with Crippen LogP contribution < -0.4 is 4.74 Å². The first-order chi connectivity index (χ1) is 8.24. The summed E-state index contributed by atoms with van der Waals surface area (Å²) in [5.41, 5.74) is 1.17. The van der Waals surface area contributed by atoms with Crippen LogP contribution >= 0.6 is 22.9 Å². The lowest BCUT2D eigenvalue weighted by molar-refractivity contribution is -0.134. The molecular weight excluding hydrogens is 256 g/mol. The van der Waals surface area contributed by atoms with Gasteiger partial charge >= 0.3 is 5.97 Å². The Hall–Kier alpha value is -1.32. The van der Waals surface area contributed by atoms with Crippen LogP contribution in [0.5, 0.6) is 5.75 Å². The Bertz CT molecular complexity index is 477. The van der Waals surface area contributed by atoms with E-state index in [1.54, 1.807) is 35.6 Å². The Kier molecular flexibility index (Phi) is 4.18. The molecule has 1 heterocycles. The van der Waals surface area contributed by atoms with E-state index in [0.29, 0.717) is 17.2 Å². The SMILES string of the molecule is O=C(CCc1ccsc1)Oc1ccc(Cl)cc1. The van der Waals surface area contributed by atoms with Crippen LogP contribution in [0.15, 0.2) is 41.1 Å². The van der Waals surface area contributed by atoms with Crippen molar-refractivity contribution < 1.29 is 9.53 Å². The van der Waals surface area contributed by atoms with Crippen LogP contribution in [0, 0.1) is 0 Å². The molecule has 0 bridgehead atoms. The summed E-state index contributed by atoms with van der Waals surface area (Å²) in [6.07, 6.45) is 1.11. The molecule has 2 nitrogen and oxygen atoms in total. The molecule has 0 amide bonds. The monoisotopic (exact) mass is 266 g/mol. The summed E-state index contributed by atoms with van der Waals surface area (Å²) < 4.78 is 5.17. The van der Waals surface area contributed by atoms with Crippen LogP contribution in [0.2, 0.25) is 5.02 Å². The molecule has 0 aliphatic carbocycles. The number of ether oxygens (including phenoxy) is 1. The molecule has 0 radical (unpaired) electrons. The Morgan fingerprint density at radius 2 is 2.00 bits per heavy atom. The van der Waals surface area contributed by atoms with E-state index in [0.717, 1.165) is 6.42 Å². The first-order valence-corrected chi connectivity index (χ1v) is 6.53. The zero-order valence-electron chi connectivity index (χ0n) is 9.06. The fourth-order valence-corrected chi connectivity index (χ4v) is 2.20. The number of hydrogen-bond acceptors (Lipinski definition) is 3. The second kappa shape index (κ2) is 5.84. The number of esters is 1. The lowest BCUT2D eigenvalue weighted by atomic mass is 10.2. The molecule has 0 aliphatic heterocycles. The van der Waals surface area contributed by atoms with Gasteiger partial charge in [0.15, 0.2) is 0 Å². The highest BCUT2D eigenvalue weighted by molar-refractivity contribution is 7.07. The van der Waals surface area contributed by atoms with Crippen molar-refractivity contribution in [2.24, 2.45) is 0 Å². The van der Waals surface area contributed by atoms with Gasteiger partial charge in [0.05, 0.1) is 6.42 Å². The maximum Gasteiger partial charge on any atom is 0.311 e. The predicted octanol–water partition coefficient (Wildman–Crippen LogP) is 3.94. The van der Waals surface area contributed by atoms with Crippen molar-refractivity contribution in [1.29, 1.82) is 0 Å². The van der Waals surface area contributed by atoms with Gasteiger partial charge in [-0.05, 0) is 53.1 Å². The third kappa shape index (κ3) is 3.88. The average Bonchev–Trinajstić information content (AvgIpc) is 2.83. The minimum absolute atomic E-state index is 0.224. The minimum atomic E-state index is -0.224. The summed E-state index contributed by atoms with van der Waals surface area (Å²) in [6, 6.07) is 8.78. The van der Waals surface area contributed by atoms with E-state index in [1.807, 2.05) is 16.8 Å². The Morgan fingerprint density at radius 1 is 1.24 bits per heavy atom. The molecule has 0 aliphatic rings. The summed E-state index contributed by atoms with van der Waals surface area (Å²) in [5.74, 6) is 0.309. The fourth-order valence-electron chi connectivity index (χ4n) is 1.37. The van der Waals surface area contributed by atoms with Gasteiger partial charge < -0.3 is 4.74 Å². The van der Waals surface area contributed by atoms with Gasteiger partial charge in [-0.2, -0.15) is 11.3 Å². The lowest BCUT2D eigenvalue weighted by Gasteiger charge is -2.03. The van der Waals surface area contributed by atoms with Crippen LogP contribution in [0.1, 0.15) is 12.0 Å². The molecule has 0 unspecified atom stereocenters. The van der Waals surface area contributed by atoms with Gasteiger partial charge in [-0.3, -0.25) is 4.79 Å². The Labute approximate surface area is 109 Å². The van der Waals surface area contributed by atoms with Crippen LogP contribution in [-0.2, 0) is 11.2 Å². The largest absolute Gasteiger partial charge is 0.427 e. The molecule has 0 spiro atoms. The third-order valence-corrected chi connectivity index (χ3v) is 3.23. The number of rotatable bonds is 4. The molecule has 2 rings (SSSR count). The van der Waals surface area contributed by atoms with Gasteiger partial charge in [0.2, 0.25) is 0 Å². The lowest BCUT2D eigenvalue weighted by Crippen LogP contribution is -2.08. The average molecular weight is 267 g/mol. The van der Waals surface area contributed by atoms with E-state index in [9.17, 15) is 4.79 Å². The maximum absolute atomic E-state index is 11.5. The number of hydrogen-bond donors (Lipinski definition) is 0. The first-order valence-electron chi connectivity index (χ1n) is 5.21. The summed E-state index contributed by atoms with van der Waals surface area (Å²) >= 11 is 7.37. The number of benzene rings is 1. The normalized spacial score (nSPS) is 10.2. The molecule has 88 valence electrons. The van der Waals surface area contributed by atoms with Crippen LogP contribution in [0.25, 0.3) is 0 Å². The quantitative estimate of drug-likeness (QED) is 0.619. The molecule has 1 aromatic heterocycles. The number of thiophene rings is 1. The van der Waals surface area contributed by atoms with Crippen molar-refractivity contribution in [2.45, 2.75) is 12.8 Å². The highest BCUT2D eigenvalue weighted by Gasteiger charge is 2.05. The van der Waals surface area contributed by atoms with E-state index in [1.165, 1.54) is 5.56 Å². The summed E-state index contributed by atoms with van der Waals surface area (Å²) in [6.45, 7) is 0. The van der Waals surface area contributed by atoms with Crippen molar-refractivity contribution >= 4 is 28.9 Å². The number of halogens is 1. The van der Waals surface area contributed by atoms with Crippen molar-refractivity contribution in [3.05, 3.63) is 51.7 Å². The first kappa shape index (κ1) is 12.1. The molecule has 1 aromatic carbocycles. The molecular formula is C13H11ClO2S. The molecule has 0 saturated heterocycles. The zero-order chi connectivity index (χ0) is 12.1. The third-order valence-electron chi connectivity index (χ3n) is 2.24. The second-order valence-electron chi connectivity index (χ2n) is 3.56. The Balaban J connectivity index is 1.83. The maximum atomic E-state index is 11.5. The summed E-state index contributed by atoms with van der Waals surface area (Å²) in [4.78, 5) is 11.5. The van der Waals surface area contributed by atoms with Gasteiger partial charge in [0, 0.05) is 5.02 Å². The number of carbonyl (C=O) groups is 1. The standard InChI is InChI=1S/C13H11ClO2S/c14-11-2-4-12(5-3-11)16-13(15)6-1-10-7-8-17-9-10/h2-5,7-9H,1,6H2. The highest BCUT2D eigenvalue weighted by atomic mass is 35.5. The van der Waals surface area contributed by atoms with Gasteiger partial charge in [0.25, 0.3) is 0 Å². The number of carbonyl (C=O) groups excluding carboxylic acids is 1. The molecule has 0 saturated carbocycles. The zero-order valence-corrected chi connectivity index (χ0v) is 10.6. The second-order valence-corrected chi connectivity index (χ2v) is 4.78. The van der Waals surface area contributed by atoms with E-state index in [2.05, 4.69) is 0 Å². The minimum Gasteiger partial charge on any atom is -0.427 e. The topological polar surface area (TPSA) is 26.3 Å². The van der Waals surface area contributed by atoms with Crippen molar-refractivity contribution in [3.63, 3.8) is 0 Å². The molecule has 4 heteroatoms. The van der Waals surface area contributed by atoms with Crippen molar-refractivity contribution in [1.82, 2.24) is 0 Å². The molecule has 0 atom stereocenters. The number of aryl methyl sites for hydroxylation is 1.